The minimum atomic E-state index is -0.951. The Balaban J connectivity index is 0.000000155. The van der Waals surface area contributed by atoms with Crippen molar-refractivity contribution in [3.63, 3.8) is 0 Å². The molecule has 15 aliphatic carbocycles. The number of carboxylic acid groups (broad SMARTS) is 3. The predicted molar refractivity (Wildman–Crippen MR) is 426 cm³/mol. The zero-order chi connectivity index (χ0) is 82.2. The number of allylic oxidation sites excluding steroid dienone is 6. The first-order valence-corrected chi connectivity index (χ1v) is 43.8. The molecule has 0 saturated heterocycles. The van der Waals surface area contributed by atoms with Crippen molar-refractivity contribution in [2.45, 2.75) is 358 Å². The Morgan fingerprint density at radius 2 is 0.527 bits per heavy atom. The minimum absolute atomic E-state index is 0. The van der Waals surface area contributed by atoms with Crippen LogP contribution >= 0.6 is 0 Å². The van der Waals surface area contributed by atoms with E-state index in [9.17, 15) is 58.5 Å². The van der Waals surface area contributed by atoms with E-state index in [-0.39, 0.29) is 188 Å². The molecule has 16 heteroatoms. The van der Waals surface area contributed by atoms with Crippen LogP contribution in [0.3, 0.4) is 0 Å². The number of carboxylic acids is 3. The van der Waals surface area contributed by atoms with E-state index in [2.05, 4.69) is 125 Å². The third-order valence-electron chi connectivity index (χ3n) is 39.9. The van der Waals surface area contributed by atoms with Gasteiger partial charge in [-0.25, -0.2) is 0 Å². The summed E-state index contributed by atoms with van der Waals surface area (Å²) >= 11 is 0. The molecule has 0 heterocycles. The van der Waals surface area contributed by atoms with E-state index >= 15 is 0 Å². The Morgan fingerprint density at radius 3 is 0.732 bits per heavy atom. The van der Waals surface area contributed by atoms with E-state index in [1.165, 1.54) is 37.5 Å². The molecule has 0 aromatic heterocycles. The van der Waals surface area contributed by atoms with Crippen molar-refractivity contribution < 1.29 is 72.7 Å². The van der Waals surface area contributed by atoms with Crippen LogP contribution in [0, 0.1) is 151 Å². The summed E-state index contributed by atoms with van der Waals surface area (Å²) in [6.07, 6.45) is 29.2. The topological polar surface area (TPSA) is 250 Å². The summed E-state index contributed by atoms with van der Waals surface area (Å²) in [5.74, 6) is -1.83. The van der Waals surface area contributed by atoms with Gasteiger partial charge >= 0.3 is 35.3 Å². The number of hydrogen-bond donors (Lipinski definition) is 0. The van der Waals surface area contributed by atoms with Crippen molar-refractivity contribution in [2.75, 3.05) is 0 Å². The Bertz CT molecular complexity index is 3630. The van der Waals surface area contributed by atoms with Crippen molar-refractivity contribution in [1.82, 2.24) is 0 Å². The predicted octanol–water partition coefficient (Wildman–Crippen LogP) is 16.6. The molecule has 0 spiro atoms. The maximum atomic E-state index is 14.3. The number of fused-ring (bicyclic) bond motifs is 21. The molecule has 12 fully saturated rings. The van der Waals surface area contributed by atoms with Crippen molar-refractivity contribution in [3.8, 4) is 0 Å². The van der Waals surface area contributed by atoms with Gasteiger partial charge in [0.2, 0.25) is 0 Å². The fraction of sp³-hybridized carbons (Fsp3) is 0.844. The van der Waals surface area contributed by atoms with Gasteiger partial charge in [-0.15, -0.1) is 0 Å². The summed E-state index contributed by atoms with van der Waals surface area (Å²) in [6.45, 7) is 51.7. The largest absolute Gasteiger partial charge is 3.00 e. The second-order valence-electron chi connectivity index (χ2n) is 46.5. The molecule has 0 amide bonds. The number of carbonyl (C=O) groups excluding carboxylic acids is 9. The standard InChI is InChI=1S/3C32H48O5.Al/c3*1-19(33)37-24-10-11-30(6)23(27(24,2)3)9-12-32(8)25(30)22(34)17-20-21-18-29(5,26(35)36)14-13-28(21,4)15-16-31(20,32)7;/h3*17,21,23-25H,9-16,18H2,1-8H3,(H,35,36);/q;;;+3/p-3/t3*21-,23?,24?,25?,28-,29?,30+,31-,32-;/m111./s1. The van der Waals surface area contributed by atoms with E-state index in [0.717, 1.165) is 135 Å². The monoisotopic (exact) mass is 1560 g/mol. The zero-order valence-corrected chi connectivity index (χ0v) is 74.6. The molecule has 0 aromatic rings. The molecule has 618 valence electrons. The maximum absolute atomic E-state index is 14.3. The van der Waals surface area contributed by atoms with Gasteiger partial charge in [0.25, 0.3) is 0 Å². The fourth-order valence-electron chi connectivity index (χ4n) is 32.3. The molecule has 12 saturated carbocycles. The number of aliphatic carboxylic acids is 3. The van der Waals surface area contributed by atoms with Crippen LogP contribution in [0.25, 0.3) is 0 Å². The number of hydrogen-bond acceptors (Lipinski definition) is 15. The van der Waals surface area contributed by atoms with Crippen LogP contribution in [0.5, 0.6) is 0 Å². The van der Waals surface area contributed by atoms with Crippen molar-refractivity contribution in [3.05, 3.63) is 34.9 Å². The van der Waals surface area contributed by atoms with Crippen LogP contribution in [0.15, 0.2) is 34.9 Å². The number of carbonyl (C=O) groups is 9. The maximum Gasteiger partial charge on any atom is 3.00 e. The number of rotatable bonds is 6. The molecule has 15 nitrogen and oxygen atoms in total. The van der Waals surface area contributed by atoms with Gasteiger partial charge in [0, 0.05) is 88.9 Å². The molecule has 0 N–H and O–H groups in total. The van der Waals surface area contributed by atoms with Gasteiger partial charge in [-0.2, -0.15) is 0 Å². The van der Waals surface area contributed by atoms with E-state index in [0.29, 0.717) is 56.3 Å². The van der Waals surface area contributed by atoms with Crippen LogP contribution in [0.2, 0.25) is 0 Å². The van der Waals surface area contributed by atoms with Crippen LogP contribution in [-0.2, 0) is 57.4 Å². The van der Waals surface area contributed by atoms with Gasteiger partial charge in [-0.05, 0) is 292 Å². The molecule has 0 aliphatic heterocycles. The molecular weight excluding hydrogens is 1420 g/mol. The van der Waals surface area contributed by atoms with Crippen LogP contribution in [-0.4, -0.2) is 88.8 Å². The first-order chi connectivity index (χ1) is 50.8. The molecule has 0 aromatic carbocycles. The fourth-order valence-corrected chi connectivity index (χ4v) is 32.3. The summed E-state index contributed by atoms with van der Waals surface area (Å²) in [7, 11) is 0. The Morgan fingerprint density at radius 1 is 0.312 bits per heavy atom. The summed E-state index contributed by atoms with van der Waals surface area (Å²) in [5, 5.41) is 36.5. The molecule has 12 unspecified atom stereocenters. The first-order valence-electron chi connectivity index (χ1n) is 43.8. The van der Waals surface area contributed by atoms with E-state index in [4.69, 9.17) is 14.2 Å². The third kappa shape index (κ3) is 12.2. The smallest absolute Gasteiger partial charge is 0.550 e. The van der Waals surface area contributed by atoms with E-state index in [1.54, 1.807) is 0 Å². The molecule has 15 rings (SSSR count). The Labute approximate surface area is 682 Å². The number of ether oxygens (including phenoxy) is 3. The van der Waals surface area contributed by atoms with Crippen molar-refractivity contribution in [2.24, 2.45) is 151 Å². The van der Waals surface area contributed by atoms with Gasteiger partial charge in [0.15, 0.2) is 17.3 Å². The second-order valence-corrected chi connectivity index (χ2v) is 46.5. The average molecular weight is 1560 g/mol. The molecule has 27 atom stereocenters. The number of ketones is 3. The van der Waals surface area contributed by atoms with Gasteiger partial charge < -0.3 is 43.9 Å². The SMILES string of the molecule is CC(=O)OC1CC[C@@]2(C)C(CC[C@]3(C)C2C(=O)C=C2[C@H]4CC(C)(C(=O)[O-])CC[C@]4(C)CC[C@]23C)C1(C)C.CC(=O)OC1CC[C@@]2(C)C(CC[C@]3(C)C2C(=O)C=C2[C@H]4CC(C)(C(=O)[O-])CC[C@]4(C)CC[C@]23C)C1(C)C.CC(=O)OC1CC[C@@]2(C)C(CC[C@]3(C)C2C(=O)C=C2[C@H]4CC(C)(C(=O)[O-])CC[C@]4(C)CC[C@]23C)C1(C)C.[Al+3]. The minimum Gasteiger partial charge on any atom is -0.550 e. The van der Waals surface area contributed by atoms with Gasteiger partial charge in [-0.3, -0.25) is 28.8 Å². The summed E-state index contributed by atoms with van der Waals surface area (Å²) < 4.78 is 17.4. The van der Waals surface area contributed by atoms with E-state index < -0.39 is 34.2 Å². The second kappa shape index (κ2) is 27.3. The quantitative estimate of drug-likeness (QED) is 0.136. The summed E-state index contributed by atoms with van der Waals surface area (Å²) in [4.78, 5) is 115. The average Bonchev–Trinajstić information content (AvgIpc) is 0.681. The van der Waals surface area contributed by atoms with Crippen LogP contribution in [0.1, 0.15) is 340 Å². The van der Waals surface area contributed by atoms with Crippen LogP contribution in [0.4, 0.5) is 0 Å². The van der Waals surface area contributed by atoms with Gasteiger partial charge in [-0.1, -0.05) is 162 Å². The van der Waals surface area contributed by atoms with E-state index in [1.807, 2.05) is 39.0 Å². The third-order valence-corrected chi connectivity index (χ3v) is 39.9. The Hall–Kier alpha value is -4.42. The van der Waals surface area contributed by atoms with Crippen molar-refractivity contribution in [1.29, 1.82) is 0 Å². The summed E-state index contributed by atoms with van der Waals surface area (Å²) in [5.41, 5.74) is -0.757. The first kappa shape index (κ1) is 86.9. The normalized spacial score (nSPS) is 50.0. The Kier molecular flexibility index (Phi) is 21.2. The number of esters is 3. The van der Waals surface area contributed by atoms with Gasteiger partial charge in [0.1, 0.15) is 18.3 Å². The van der Waals surface area contributed by atoms with Gasteiger partial charge in [0.05, 0.1) is 0 Å². The zero-order valence-electron chi connectivity index (χ0n) is 73.5. The molecule has 0 radical (unpaired) electrons. The van der Waals surface area contributed by atoms with Crippen molar-refractivity contribution >= 4 is 70.5 Å². The van der Waals surface area contributed by atoms with Crippen LogP contribution < -0.4 is 15.3 Å². The molecule has 112 heavy (non-hydrogen) atoms. The molecule has 15 aliphatic rings. The molecular formula is C96H141AlO15. The molecule has 0 bridgehead atoms. The summed E-state index contributed by atoms with van der Waals surface area (Å²) in [6, 6.07) is 0.